The minimum absolute atomic E-state index is 0.0902. The Hall–Kier alpha value is -0.860. The Labute approximate surface area is 103 Å². The largest absolute Gasteiger partial charge is 0.392 e. The molecule has 1 N–H and O–H groups in total. The molecule has 3 rings (SSSR count). The van der Waals surface area contributed by atoms with Crippen molar-refractivity contribution < 1.29 is 9.84 Å². The molecule has 17 heavy (non-hydrogen) atoms. The lowest BCUT2D eigenvalue weighted by Gasteiger charge is -2.29. The van der Waals surface area contributed by atoms with Gasteiger partial charge in [0.05, 0.1) is 18.8 Å². The maximum Gasteiger partial charge on any atom is 0.0852 e. The molecule has 92 valence electrons. The van der Waals surface area contributed by atoms with E-state index in [-0.39, 0.29) is 17.6 Å². The van der Waals surface area contributed by atoms with E-state index in [1.54, 1.807) is 0 Å². The lowest BCUT2D eigenvalue weighted by Crippen LogP contribution is -2.26. The number of hydrogen-bond donors (Lipinski definition) is 1. The Balaban J connectivity index is 1.76. The molecule has 0 spiro atoms. The van der Waals surface area contributed by atoms with Gasteiger partial charge in [-0.3, -0.25) is 0 Å². The van der Waals surface area contributed by atoms with Gasteiger partial charge in [-0.1, -0.05) is 31.2 Å². The fraction of sp³-hybridized carbons (Fsp3) is 0.600. The average molecular weight is 232 g/mol. The molecule has 1 fully saturated rings. The zero-order valence-corrected chi connectivity index (χ0v) is 10.4. The maximum absolute atomic E-state index is 10.2. The molecule has 0 bridgehead atoms. The second-order valence-electron chi connectivity index (χ2n) is 5.71. The Morgan fingerprint density at radius 2 is 2.18 bits per heavy atom. The summed E-state index contributed by atoms with van der Waals surface area (Å²) in [7, 11) is 0. The summed E-state index contributed by atoms with van der Waals surface area (Å²) in [5.41, 5.74) is 2.83. The quantitative estimate of drug-likeness (QED) is 0.868. The zero-order valence-electron chi connectivity index (χ0n) is 10.4. The fourth-order valence-electron chi connectivity index (χ4n) is 2.69. The first-order valence-electron chi connectivity index (χ1n) is 6.56. The lowest BCUT2D eigenvalue weighted by atomic mass is 9.90. The predicted octanol–water partition coefficient (Wildman–Crippen LogP) is 2.85. The van der Waals surface area contributed by atoms with Crippen LogP contribution in [0.3, 0.4) is 0 Å². The smallest absolute Gasteiger partial charge is 0.0852 e. The molecule has 2 aliphatic rings. The average Bonchev–Trinajstić information content (AvgIpc) is 3.09. The third-order valence-electron chi connectivity index (χ3n) is 4.37. The molecule has 1 saturated carbocycles. The molecule has 1 aliphatic heterocycles. The highest BCUT2D eigenvalue weighted by Crippen LogP contribution is 2.50. The van der Waals surface area contributed by atoms with Crippen LogP contribution in [-0.2, 0) is 11.2 Å². The second kappa shape index (κ2) is 4.11. The highest BCUT2D eigenvalue weighted by molar-refractivity contribution is 5.31. The number of fused-ring (bicyclic) bond motifs is 1. The van der Waals surface area contributed by atoms with Gasteiger partial charge >= 0.3 is 0 Å². The lowest BCUT2D eigenvalue weighted by molar-refractivity contribution is -0.0138. The number of hydrogen-bond acceptors (Lipinski definition) is 2. The number of benzene rings is 1. The Morgan fingerprint density at radius 3 is 2.94 bits per heavy atom. The third-order valence-corrected chi connectivity index (χ3v) is 4.37. The van der Waals surface area contributed by atoms with Gasteiger partial charge in [-0.05, 0) is 35.8 Å². The van der Waals surface area contributed by atoms with Gasteiger partial charge in [0, 0.05) is 6.42 Å². The van der Waals surface area contributed by atoms with E-state index in [2.05, 4.69) is 31.2 Å². The van der Waals surface area contributed by atoms with Crippen LogP contribution in [-0.4, -0.2) is 17.8 Å². The molecule has 2 heteroatoms. The molecule has 2 unspecified atom stereocenters. The molecular formula is C15H20O2. The van der Waals surface area contributed by atoms with Crippen LogP contribution in [0, 0.1) is 5.41 Å². The normalized spacial score (nSPS) is 27.3. The van der Waals surface area contributed by atoms with Gasteiger partial charge in [0.1, 0.15) is 0 Å². The first-order chi connectivity index (χ1) is 8.19. The number of aliphatic hydroxyl groups excluding tert-OH is 1. The first kappa shape index (κ1) is 11.2. The van der Waals surface area contributed by atoms with Gasteiger partial charge in [-0.2, -0.15) is 0 Å². The maximum atomic E-state index is 10.2. The van der Waals surface area contributed by atoms with Crippen molar-refractivity contribution in [2.24, 2.45) is 5.41 Å². The molecule has 1 aromatic carbocycles. The molecule has 0 aromatic heterocycles. The van der Waals surface area contributed by atoms with Crippen LogP contribution in [0.5, 0.6) is 0 Å². The van der Waals surface area contributed by atoms with Gasteiger partial charge < -0.3 is 9.84 Å². The van der Waals surface area contributed by atoms with Gasteiger partial charge in [0.15, 0.2) is 0 Å². The molecule has 1 heterocycles. The van der Waals surface area contributed by atoms with Crippen molar-refractivity contribution in [1.29, 1.82) is 0 Å². The molecule has 0 amide bonds. The van der Waals surface area contributed by atoms with Crippen LogP contribution in [0.4, 0.5) is 0 Å². The fourth-order valence-corrected chi connectivity index (χ4v) is 2.69. The highest BCUT2D eigenvalue weighted by Gasteiger charge is 2.45. The van der Waals surface area contributed by atoms with Gasteiger partial charge in [0.25, 0.3) is 0 Å². The van der Waals surface area contributed by atoms with Crippen LogP contribution in [0.2, 0.25) is 0 Å². The summed E-state index contributed by atoms with van der Waals surface area (Å²) < 4.78 is 5.84. The first-order valence-corrected chi connectivity index (χ1v) is 6.56. The van der Waals surface area contributed by atoms with Crippen LogP contribution in [0.1, 0.15) is 43.4 Å². The summed E-state index contributed by atoms with van der Waals surface area (Å²) in [5.74, 6) is 0. The van der Waals surface area contributed by atoms with E-state index in [0.29, 0.717) is 0 Å². The Kier molecular flexibility index (Phi) is 2.72. The van der Waals surface area contributed by atoms with Crippen LogP contribution in [0.25, 0.3) is 0 Å². The highest BCUT2D eigenvalue weighted by atomic mass is 16.5. The van der Waals surface area contributed by atoms with Crippen molar-refractivity contribution in [3.8, 4) is 0 Å². The molecule has 1 aromatic rings. The van der Waals surface area contributed by atoms with Crippen molar-refractivity contribution >= 4 is 0 Å². The van der Waals surface area contributed by atoms with E-state index in [1.807, 2.05) is 0 Å². The SMILES string of the molecule is CC1(C(O)CC2OCCc3ccccc32)CC1. The van der Waals surface area contributed by atoms with Crippen LogP contribution < -0.4 is 0 Å². The molecule has 0 saturated heterocycles. The monoisotopic (exact) mass is 232 g/mol. The Bertz CT molecular complexity index is 409. The van der Waals surface area contributed by atoms with Crippen molar-refractivity contribution in [3.05, 3.63) is 35.4 Å². The molecule has 1 aliphatic carbocycles. The molecule has 2 atom stereocenters. The zero-order chi connectivity index (χ0) is 11.9. The predicted molar refractivity (Wildman–Crippen MR) is 66.8 cm³/mol. The van der Waals surface area contributed by atoms with E-state index in [4.69, 9.17) is 4.74 Å². The summed E-state index contributed by atoms with van der Waals surface area (Å²) in [6.07, 6.45) is 3.92. The standard InChI is InChI=1S/C15H20O2/c1-15(7-8-15)14(16)10-13-12-5-3-2-4-11(12)6-9-17-13/h2-5,13-14,16H,6-10H2,1H3. The van der Waals surface area contributed by atoms with Crippen LogP contribution >= 0.6 is 0 Å². The summed E-state index contributed by atoms with van der Waals surface area (Å²) in [4.78, 5) is 0. The van der Waals surface area contributed by atoms with Gasteiger partial charge in [-0.25, -0.2) is 0 Å². The number of rotatable bonds is 3. The second-order valence-corrected chi connectivity index (χ2v) is 5.71. The van der Waals surface area contributed by atoms with Crippen LogP contribution in [0.15, 0.2) is 24.3 Å². The van der Waals surface area contributed by atoms with Crippen molar-refractivity contribution in [2.75, 3.05) is 6.61 Å². The van der Waals surface area contributed by atoms with E-state index >= 15 is 0 Å². The molecular weight excluding hydrogens is 212 g/mol. The summed E-state index contributed by atoms with van der Waals surface area (Å²) in [6.45, 7) is 2.96. The topological polar surface area (TPSA) is 29.5 Å². The van der Waals surface area contributed by atoms with Gasteiger partial charge in [-0.15, -0.1) is 0 Å². The summed E-state index contributed by atoms with van der Waals surface area (Å²) in [6, 6.07) is 8.46. The van der Waals surface area contributed by atoms with Crippen molar-refractivity contribution in [2.45, 2.75) is 44.8 Å². The summed E-state index contributed by atoms with van der Waals surface area (Å²) in [5, 5.41) is 10.2. The molecule has 0 radical (unpaired) electrons. The van der Waals surface area contributed by atoms with Gasteiger partial charge in [0.2, 0.25) is 0 Å². The van der Waals surface area contributed by atoms with E-state index in [0.717, 1.165) is 32.3 Å². The minimum atomic E-state index is -0.223. The molecule has 2 nitrogen and oxygen atoms in total. The van der Waals surface area contributed by atoms with E-state index < -0.39 is 0 Å². The van der Waals surface area contributed by atoms with E-state index in [9.17, 15) is 5.11 Å². The number of ether oxygens (including phenoxy) is 1. The minimum Gasteiger partial charge on any atom is -0.392 e. The number of aliphatic hydroxyl groups is 1. The van der Waals surface area contributed by atoms with Crippen molar-refractivity contribution in [1.82, 2.24) is 0 Å². The Morgan fingerprint density at radius 1 is 1.41 bits per heavy atom. The van der Waals surface area contributed by atoms with E-state index in [1.165, 1.54) is 11.1 Å². The third kappa shape index (κ3) is 2.12. The summed E-state index contributed by atoms with van der Waals surface area (Å²) >= 11 is 0. The van der Waals surface area contributed by atoms with Crippen molar-refractivity contribution in [3.63, 3.8) is 0 Å².